The zero-order chi connectivity index (χ0) is 37.6. The Kier molecular flexibility index (Phi) is 8.63. The number of para-hydroxylation sites is 1. The molecule has 0 radical (unpaired) electrons. The van der Waals surface area contributed by atoms with Gasteiger partial charge < -0.3 is 9.80 Å². The van der Waals surface area contributed by atoms with Gasteiger partial charge in [-0.2, -0.15) is 0 Å². The molecule has 1 aliphatic rings. The van der Waals surface area contributed by atoms with Gasteiger partial charge in [0, 0.05) is 28.1 Å². The summed E-state index contributed by atoms with van der Waals surface area (Å²) < 4.78 is 0. The molecular weight excluding hydrogens is 665 g/mol. The van der Waals surface area contributed by atoms with Gasteiger partial charge in [-0.05, 0) is 117 Å². The van der Waals surface area contributed by atoms with Gasteiger partial charge >= 0.3 is 0 Å². The zero-order valence-corrected chi connectivity index (χ0v) is 32.1. The van der Waals surface area contributed by atoms with Crippen molar-refractivity contribution in [3.8, 4) is 22.3 Å². The van der Waals surface area contributed by atoms with Crippen LogP contribution in [0, 0.1) is 0 Å². The summed E-state index contributed by atoms with van der Waals surface area (Å²) in [7, 11) is 0. The first-order valence-corrected chi connectivity index (χ1v) is 19.4. The van der Waals surface area contributed by atoms with Gasteiger partial charge in [0.1, 0.15) is 0 Å². The van der Waals surface area contributed by atoms with Crippen LogP contribution in [0.5, 0.6) is 0 Å². The molecule has 0 amide bonds. The highest BCUT2D eigenvalue weighted by Crippen LogP contribution is 2.54. The van der Waals surface area contributed by atoms with Crippen LogP contribution in [-0.2, 0) is 10.8 Å². The second-order valence-corrected chi connectivity index (χ2v) is 16.2. The first-order valence-electron chi connectivity index (χ1n) is 19.4. The molecule has 0 aliphatic heterocycles. The molecule has 8 aromatic rings. The Balaban J connectivity index is 1.09. The number of fused-ring (bicyclic) bond motifs is 2. The fraction of sp³-hybridized carbons (Fsp3) is 0.132. The van der Waals surface area contributed by atoms with E-state index in [4.69, 9.17) is 0 Å². The third-order valence-electron chi connectivity index (χ3n) is 11.4. The average Bonchev–Trinajstić information content (AvgIpc) is 3.42. The Morgan fingerprint density at radius 3 is 1.35 bits per heavy atom. The number of rotatable bonds is 8. The molecule has 268 valence electrons. The van der Waals surface area contributed by atoms with E-state index in [1.165, 1.54) is 49.8 Å². The lowest BCUT2D eigenvalue weighted by molar-refractivity contribution is 0.403. The summed E-state index contributed by atoms with van der Waals surface area (Å²) in [5.41, 5.74) is 14.8. The minimum Gasteiger partial charge on any atom is -0.310 e. The molecule has 0 saturated heterocycles. The lowest BCUT2D eigenvalue weighted by atomic mass is 9.81. The Labute approximate surface area is 326 Å². The van der Waals surface area contributed by atoms with Crippen LogP contribution in [0.3, 0.4) is 0 Å². The molecule has 0 saturated carbocycles. The van der Waals surface area contributed by atoms with E-state index < -0.39 is 0 Å². The Morgan fingerprint density at radius 1 is 0.345 bits per heavy atom. The van der Waals surface area contributed by atoms with E-state index in [1.54, 1.807) is 0 Å². The quantitative estimate of drug-likeness (QED) is 0.155. The number of hydrogen-bond donors (Lipinski definition) is 0. The van der Waals surface area contributed by atoms with Gasteiger partial charge in [-0.15, -0.1) is 0 Å². The fourth-order valence-electron chi connectivity index (χ4n) is 9.16. The van der Waals surface area contributed by atoms with E-state index >= 15 is 0 Å². The maximum atomic E-state index is 2.46. The van der Waals surface area contributed by atoms with E-state index in [9.17, 15) is 0 Å². The highest BCUT2D eigenvalue weighted by Gasteiger charge is 2.44. The van der Waals surface area contributed by atoms with Gasteiger partial charge in [-0.1, -0.05) is 161 Å². The van der Waals surface area contributed by atoms with Crippen LogP contribution in [0.25, 0.3) is 33.0 Å². The van der Waals surface area contributed by atoms with Crippen molar-refractivity contribution in [2.24, 2.45) is 0 Å². The topological polar surface area (TPSA) is 6.48 Å². The lowest BCUT2D eigenvalue weighted by Crippen LogP contribution is -2.20. The highest BCUT2D eigenvalue weighted by molar-refractivity contribution is 5.99. The molecule has 1 aliphatic carbocycles. The number of nitrogens with zero attached hydrogens (tertiary/aromatic N) is 2. The van der Waals surface area contributed by atoms with Gasteiger partial charge in [0.2, 0.25) is 0 Å². The molecule has 2 nitrogen and oxygen atoms in total. The summed E-state index contributed by atoms with van der Waals surface area (Å²) in [6, 6.07) is 70.5. The van der Waals surface area contributed by atoms with Gasteiger partial charge in [0.05, 0.1) is 11.4 Å². The predicted octanol–water partition coefficient (Wildman–Crippen LogP) is 15.1. The normalized spacial score (nSPS) is 14.0. The third-order valence-corrected chi connectivity index (χ3v) is 11.4. The Bertz CT molecular complexity index is 2580. The molecule has 55 heavy (non-hydrogen) atoms. The molecule has 8 aromatic carbocycles. The molecule has 0 unspecified atom stereocenters. The summed E-state index contributed by atoms with van der Waals surface area (Å²) in [6.07, 6.45) is 1.12. The van der Waals surface area contributed by atoms with Crippen LogP contribution in [0.2, 0.25) is 0 Å². The first-order chi connectivity index (χ1) is 26.8. The third kappa shape index (κ3) is 6.38. The molecule has 0 heterocycles. The standard InChI is InChI=1S/C53H46N2/c1-52(2)37-53(3,4)51-48(52)22-14-24-50(51)55(45-33-25-39(26-34-45)38-15-7-5-8-16-38)46-35-29-41(30-36-46)40-27-31-44(32-28-40)54(43-19-9-6-10-20-43)49-23-13-18-42-17-11-12-21-47(42)49/h5-36H,37H2,1-4H3. The van der Waals surface area contributed by atoms with Crippen molar-refractivity contribution in [2.75, 3.05) is 9.80 Å². The molecule has 9 rings (SSSR count). The molecule has 2 heteroatoms. The Morgan fingerprint density at radius 2 is 0.764 bits per heavy atom. The van der Waals surface area contributed by atoms with Crippen LogP contribution in [0.4, 0.5) is 34.1 Å². The predicted molar refractivity (Wildman–Crippen MR) is 235 cm³/mol. The van der Waals surface area contributed by atoms with Crippen molar-refractivity contribution in [3.05, 3.63) is 205 Å². The molecular formula is C53H46N2. The van der Waals surface area contributed by atoms with Gasteiger partial charge in [-0.3, -0.25) is 0 Å². The maximum Gasteiger partial charge on any atom is 0.0540 e. The maximum absolute atomic E-state index is 2.46. The van der Waals surface area contributed by atoms with Crippen molar-refractivity contribution < 1.29 is 0 Å². The molecule has 0 fully saturated rings. The second-order valence-electron chi connectivity index (χ2n) is 16.2. The zero-order valence-electron chi connectivity index (χ0n) is 32.1. The van der Waals surface area contributed by atoms with E-state index in [0.717, 1.165) is 34.9 Å². The van der Waals surface area contributed by atoms with Crippen LogP contribution >= 0.6 is 0 Å². The van der Waals surface area contributed by atoms with E-state index in [1.807, 2.05) is 0 Å². The van der Waals surface area contributed by atoms with Crippen molar-refractivity contribution in [1.82, 2.24) is 0 Å². The molecule has 0 N–H and O–H groups in total. The fourth-order valence-corrected chi connectivity index (χ4v) is 9.16. The van der Waals surface area contributed by atoms with Crippen LogP contribution in [0.1, 0.15) is 45.2 Å². The molecule has 0 atom stereocenters. The summed E-state index contributed by atoms with van der Waals surface area (Å²) in [4.78, 5) is 4.82. The summed E-state index contributed by atoms with van der Waals surface area (Å²) in [6.45, 7) is 9.61. The monoisotopic (exact) mass is 710 g/mol. The van der Waals surface area contributed by atoms with Crippen molar-refractivity contribution in [3.63, 3.8) is 0 Å². The van der Waals surface area contributed by atoms with Crippen LogP contribution < -0.4 is 9.80 Å². The first kappa shape index (κ1) is 34.4. The highest BCUT2D eigenvalue weighted by atomic mass is 15.2. The summed E-state index contributed by atoms with van der Waals surface area (Å²) >= 11 is 0. The molecule has 0 spiro atoms. The van der Waals surface area contributed by atoms with Crippen molar-refractivity contribution in [1.29, 1.82) is 0 Å². The van der Waals surface area contributed by atoms with Gasteiger partial charge in [0.15, 0.2) is 0 Å². The van der Waals surface area contributed by atoms with Crippen molar-refractivity contribution in [2.45, 2.75) is 44.9 Å². The van der Waals surface area contributed by atoms with Crippen LogP contribution in [-0.4, -0.2) is 0 Å². The summed E-state index contributed by atoms with van der Waals surface area (Å²) in [5, 5.41) is 2.45. The largest absolute Gasteiger partial charge is 0.310 e. The number of benzene rings is 8. The minimum absolute atomic E-state index is 0.0407. The van der Waals surface area contributed by atoms with Crippen LogP contribution in [0.15, 0.2) is 194 Å². The van der Waals surface area contributed by atoms with E-state index in [2.05, 4.69) is 232 Å². The average molecular weight is 711 g/mol. The molecule has 0 bridgehead atoms. The van der Waals surface area contributed by atoms with Gasteiger partial charge in [-0.25, -0.2) is 0 Å². The van der Waals surface area contributed by atoms with E-state index in [0.29, 0.717) is 0 Å². The smallest absolute Gasteiger partial charge is 0.0540 e. The SMILES string of the molecule is CC1(C)CC(C)(C)c2c(N(c3ccc(-c4ccccc4)cc3)c3ccc(-c4ccc(N(c5ccccc5)c5cccc6ccccc56)cc4)cc3)cccc21. The Hall–Kier alpha value is -6.38. The summed E-state index contributed by atoms with van der Waals surface area (Å²) in [5.74, 6) is 0. The van der Waals surface area contributed by atoms with Crippen molar-refractivity contribution >= 4 is 44.9 Å². The number of anilines is 6. The minimum atomic E-state index is 0.0407. The molecule has 0 aromatic heterocycles. The number of hydrogen-bond acceptors (Lipinski definition) is 2. The lowest BCUT2D eigenvalue weighted by Gasteiger charge is -2.32. The second kappa shape index (κ2) is 13.8. The van der Waals surface area contributed by atoms with Gasteiger partial charge in [0.25, 0.3) is 0 Å². The van der Waals surface area contributed by atoms with E-state index in [-0.39, 0.29) is 10.8 Å².